The van der Waals surface area contributed by atoms with E-state index in [1.165, 1.54) is 6.92 Å². The SMILES string of the molecule is COc1cc(C=Cc2ccc3cccc(OCc4ccc(Cl)cc4)c3n2)cc(I)c1OC(C)=O. The number of para-hydroxylation sites is 1. The average Bonchev–Trinajstić information content (AvgIpc) is 2.83. The van der Waals surface area contributed by atoms with Crippen LogP contribution in [-0.2, 0) is 11.4 Å². The molecular formula is C27H21ClINO4. The molecule has 34 heavy (non-hydrogen) atoms. The summed E-state index contributed by atoms with van der Waals surface area (Å²) in [6.45, 7) is 1.78. The van der Waals surface area contributed by atoms with E-state index in [9.17, 15) is 4.79 Å². The van der Waals surface area contributed by atoms with Gasteiger partial charge in [0.15, 0.2) is 11.5 Å². The van der Waals surface area contributed by atoms with E-state index in [2.05, 4.69) is 22.6 Å². The average molecular weight is 586 g/mol. The van der Waals surface area contributed by atoms with Gasteiger partial charge in [0.05, 0.1) is 16.4 Å². The lowest BCUT2D eigenvalue weighted by molar-refractivity contribution is -0.132. The van der Waals surface area contributed by atoms with Crippen molar-refractivity contribution in [2.75, 3.05) is 7.11 Å². The number of hydrogen-bond donors (Lipinski definition) is 0. The Labute approximate surface area is 216 Å². The van der Waals surface area contributed by atoms with Crippen LogP contribution in [0.15, 0.2) is 66.7 Å². The molecule has 4 aromatic rings. The third-order valence-electron chi connectivity index (χ3n) is 4.96. The zero-order valence-electron chi connectivity index (χ0n) is 18.5. The normalized spacial score (nSPS) is 11.1. The third kappa shape index (κ3) is 5.87. The van der Waals surface area contributed by atoms with Crippen molar-refractivity contribution in [3.05, 3.63) is 92.1 Å². The number of nitrogens with zero attached hydrogens (tertiary/aromatic N) is 1. The monoisotopic (exact) mass is 585 g/mol. The van der Waals surface area contributed by atoms with Crippen molar-refractivity contribution in [3.8, 4) is 17.2 Å². The molecule has 1 heterocycles. The Hall–Kier alpha value is -3.10. The van der Waals surface area contributed by atoms with Crippen molar-refractivity contribution >= 4 is 63.2 Å². The lowest BCUT2D eigenvalue weighted by Crippen LogP contribution is -2.04. The van der Waals surface area contributed by atoms with E-state index in [0.717, 1.165) is 31.3 Å². The molecule has 1 aromatic heterocycles. The summed E-state index contributed by atoms with van der Waals surface area (Å²) in [5, 5.41) is 1.69. The molecule has 0 fully saturated rings. The number of aromatic nitrogens is 1. The maximum atomic E-state index is 11.4. The van der Waals surface area contributed by atoms with Crippen molar-refractivity contribution in [1.29, 1.82) is 0 Å². The molecule has 0 spiro atoms. The number of rotatable bonds is 7. The number of carbonyl (C=O) groups excluding carboxylic acids is 1. The Morgan fingerprint density at radius 1 is 1.03 bits per heavy atom. The number of ether oxygens (including phenoxy) is 3. The highest BCUT2D eigenvalue weighted by Gasteiger charge is 2.13. The summed E-state index contributed by atoms with van der Waals surface area (Å²) >= 11 is 8.09. The van der Waals surface area contributed by atoms with E-state index in [1.807, 2.05) is 78.9 Å². The molecule has 172 valence electrons. The third-order valence-corrected chi connectivity index (χ3v) is 6.01. The van der Waals surface area contributed by atoms with Gasteiger partial charge in [0.2, 0.25) is 0 Å². The molecule has 0 bridgehead atoms. The second-order valence-electron chi connectivity index (χ2n) is 7.44. The van der Waals surface area contributed by atoms with E-state index in [-0.39, 0.29) is 0 Å². The molecule has 0 aliphatic rings. The first-order valence-corrected chi connectivity index (χ1v) is 11.9. The van der Waals surface area contributed by atoms with Gasteiger partial charge in [0.1, 0.15) is 17.9 Å². The van der Waals surface area contributed by atoms with Crippen LogP contribution in [0, 0.1) is 3.57 Å². The highest BCUT2D eigenvalue weighted by molar-refractivity contribution is 14.1. The smallest absolute Gasteiger partial charge is 0.308 e. The van der Waals surface area contributed by atoms with Gasteiger partial charge in [-0.15, -0.1) is 0 Å². The molecular weight excluding hydrogens is 565 g/mol. The number of methoxy groups -OCH3 is 1. The molecule has 0 atom stereocenters. The minimum atomic E-state index is -0.394. The van der Waals surface area contributed by atoms with Crippen LogP contribution in [0.3, 0.4) is 0 Å². The Morgan fingerprint density at radius 2 is 1.82 bits per heavy atom. The lowest BCUT2D eigenvalue weighted by atomic mass is 10.1. The van der Waals surface area contributed by atoms with Gasteiger partial charge in [-0.05, 0) is 76.2 Å². The van der Waals surface area contributed by atoms with Crippen molar-refractivity contribution in [2.24, 2.45) is 0 Å². The minimum Gasteiger partial charge on any atom is -0.493 e. The molecule has 7 heteroatoms. The standard InChI is InChI=1S/C27H21ClINO4/c1-17(31)34-27-23(29)14-19(15-25(27)32-2)8-12-22-13-9-20-4-3-5-24(26(20)30-22)33-16-18-6-10-21(28)11-7-18/h3-15H,16H2,1-2H3. The number of benzene rings is 3. The quantitative estimate of drug-likeness (QED) is 0.131. The largest absolute Gasteiger partial charge is 0.493 e. The summed E-state index contributed by atoms with van der Waals surface area (Å²) in [6.07, 6.45) is 3.86. The minimum absolute atomic E-state index is 0.394. The predicted octanol–water partition coefficient (Wildman–Crippen LogP) is 7.18. The molecule has 4 rings (SSSR count). The Morgan fingerprint density at radius 3 is 2.56 bits per heavy atom. The number of fused-ring (bicyclic) bond motifs is 1. The van der Waals surface area contributed by atoms with Crippen LogP contribution in [0.4, 0.5) is 0 Å². The molecule has 0 aliphatic carbocycles. The highest BCUT2D eigenvalue weighted by Crippen LogP contribution is 2.34. The van der Waals surface area contributed by atoms with Gasteiger partial charge in [0.25, 0.3) is 0 Å². The summed E-state index contributed by atoms with van der Waals surface area (Å²) in [4.78, 5) is 16.2. The Kier molecular flexibility index (Phi) is 7.70. The first kappa shape index (κ1) is 24.0. The summed E-state index contributed by atoms with van der Waals surface area (Å²) in [6, 6.07) is 21.2. The number of carbonyl (C=O) groups is 1. The van der Waals surface area contributed by atoms with Crippen molar-refractivity contribution < 1.29 is 19.0 Å². The molecule has 0 saturated carbocycles. The lowest BCUT2D eigenvalue weighted by Gasteiger charge is -2.11. The van der Waals surface area contributed by atoms with E-state index >= 15 is 0 Å². The van der Waals surface area contributed by atoms with Crippen molar-refractivity contribution in [1.82, 2.24) is 4.98 Å². The second kappa shape index (κ2) is 10.9. The molecule has 0 aliphatic heterocycles. The van der Waals surface area contributed by atoms with Crippen LogP contribution >= 0.6 is 34.2 Å². The molecule has 0 radical (unpaired) electrons. The fourth-order valence-corrected chi connectivity index (χ4v) is 4.21. The Bertz CT molecular complexity index is 1370. The van der Waals surface area contributed by atoms with Crippen LogP contribution in [0.1, 0.15) is 23.7 Å². The second-order valence-corrected chi connectivity index (χ2v) is 9.04. The Balaban J connectivity index is 1.59. The molecule has 0 amide bonds. The summed E-state index contributed by atoms with van der Waals surface area (Å²) in [5.41, 5.74) is 3.49. The first-order valence-electron chi connectivity index (χ1n) is 10.4. The van der Waals surface area contributed by atoms with Gasteiger partial charge in [-0.2, -0.15) is 0 Å². The van der Waals surface area contributed by atoms with Gasteiger partial charge < -0.3 is 14.2 Å². The van der Waals surface area contributed by atoms with E-state index in [4.69, 9.17) is 30.8 Å². The van der Waals surface area contributed by atoms with Gasteiger partial charge in [-0.25, -0.2) is 4.98 Å². The van der Waals surface area contributed by atoms with Gasteiger partial charge >= 0.3 is 5.97 Å². The number of pyridine rings is 1. The number of hydrogen-bond acceptors (Lipinski definition) is 5. The van der Waals surface area contributed by atoms with E-state index in [1.54, 1.807) is 7.11 Å². The predicted molar refractivity (Wildman–Crippen MR) is 143 cm³/mol. The molecule has 5 nitrogen and oxygen atoms in total. The van der Waals surface area contributed by atoms with Gasteiger partial charge in [-0.1, -0.05) is 48.0 Å². The first-order chi connectivity index (χ1) is 16.4. The van der Waals surface area contributed by atoms with Crippen LogP contribution in [-0.4, -0.2) is 18.1 Å². The van der Waals surface area contributed by atoms with Crippen molar-refractivity contribution in [3.63, 3.8) is 0 Å². The number of halogens is 2. The van der Waals surface area contributed by atoms with Crippen LogP contribution in [0.5, 0.6) is 17.2 Å². The van der Waals surface area contributed by atoms with Gasteiger partial charge in [-0.3, -0.25) is 4.79 Å². The molecule has 0 N–H and O–H groups in total. The zero-order chi connectivity index (χ0) is 24.1. The molecule has 0 unspecified atom stereocenters. The van der Waals surface area contributed by atoms with Crippen LogP contribution in [0.2, 0.25) is 5.02 Å². The molecule has 3 aromatic carbocycles. The van der Waals surface area contributed by atoms with E-state index < -0.39 is 5.97 Å². The fourth-order valence-electron chi connectivity index (χ4n) is 3.35. The van der Waals surface area contributed by atoms with Crippen molar-refractivity contribution in [2.45, 2.75) is 13.5 Å². The topological polar surface area (TPSA) is 57.6 Å². The number of esters is 1. The summed E-state index contributed by atoms with van der Waals surface area (Å²) < 4.78 is 17.5. The zero-order valence-corrected chi connectivity index (χ0v) is 21.5. The van der Waals surface area contributed by atoms with Gasteiger partial charge in [0, 0.05) is 17.3 Å². The summed E-state index contributed by atoms with van der Waals surface area (Å²) in [7, 11) is 1.54. The van der Waals surface area contributed by atoms with Crippen LogP contribution in [0.25, 0.3) is 23.1 Å². The summed E-state index contributed by atoms with van der Waals surface area (Å²) in [5.74, 6) is 1.23. The maximum Gasteiger partial charge on any atom is 0.308 e. The van der Waals surface area contributed by atoms with E-state index in [0.29, 0.717) is 28.9 Å². The maximum absolute atomic E-state index is 11.4. The van der Waals surface area contributed by atoms with Crippen LogP contribution < -0.4 is 14.2 Å². The highest BCUT2D eigenvalue weighted by atomic mass is 127. The fraction of sp³-hybridized carbons (Fsp3) is 0.111. The molecule has 0 saturated heterocycles.